The third-order valence-corrected chi connectivity index (χ3v) is 4.04. The average Bonchev–Trinajstić information content (AvgIpc) is 2.04. The molecule has 0 aromatic carbocycles. The molecule has 2 nitrogen and oxygen atoms in total. The van der Waals surface area contributed by atoms with E-state index in [0.29, 0.717) is 5.15 Å². The maximum absolute atomic E-state index is 11.4. The predicted molar refractivity (Wildman–Crippen MR) is 56.3 cm³/mol. The van der Waals surface area contributed by atoms with Crippen molar-refractivity contribution in [3.05, 3.63) is 29.0 Å². The molecule has 1 rings (SSSR count). The lowest BCUT2D eigenvalue weighted by Crippen LogP contribution is -2.28. The third kappa shape index (κ3) is 2.36. The lowest BCUT2D eigenvalue weighted by molar-refractivity contribution is 0.560. The standard InChI is InChI=1S/C9H12ClNOS/c1-9(2,13(3)12)7-4-5-8(10)11-6-7/h4-6H,1-3H3. The zero-order valence-electron chi connectivity index (χ0n) is 7.87. The second-order valence-corrected chi connectivity index (χ2v) is 5.65. The summed E-state index contributed by atoms with van der Waals surface area (Å²) >= 11 is 4.74. The van der Waals surface area contributed by atoms with Gasteiger partial charge in [-0.1, -0.05) is 11.6 Å². The summed E-state index contributed by atoms with van der Waals surface area (Å²) in [6, 6.07) is 3.57. The smallest absolute Gasteiger partial charge is 0.146 e. The highest BCUT2D eigenvalue weighted by molar-refractivity contribution is 7.91. The van der Waals surface area contributed by atoms with E-state index >= 15 is 0 Å². The van der Waals surface area contributed by atoms with E-state index in [9.17, 15) is 4.55 Å². The van der Waals surface area contributed by atoms with Gasteiger partial charge in [0, 0.05) is 11.8 Å². The van der Waals surface area contributed by atoms with Crippen LogP contribution in [0.2, 0.25) is 5.15 Å². The highest BCUT2D eigenvalue weighted by atomic mass is 35.5. The number of aromatic nitrogens is 1. The summed E-state index contributed by atoms with van der Waals surface area (Å²) in [4.78, 5) is 3.96. The summed E-state index contributed by atoms with van der Waals surface area (Å²) in [5.41, 5.74) is 0.942. The predicted octanol–water partition coefficient (Wildman–Crippen LogP) is 2.35. The second kappa shape index (κ2) is 3.86. The van der Waals surface area contributed by atoms with Gasteiger partial charge in [0.25, 0.3) is 0 Å². The maximum Gasteiger partial charge on any atom is 0.146 e. The van der Waals surface area contributed by atoms with Crippen molar-refractivity contribution >= 4 is 22.8 Å². The third-order valence-electron chi connectivity index (χ3n) is 2.14. The van der Waals surface area contributed by atoms with Crippen molar-refractivity contribution in [1.29, 1.82) is 0 Å². The minimum Gasteiger partial charge on any atom is -0.616 e. The van der Waals surface area contributed by atoms with E-state index in [0.717, 1.165) is 5.56 Å². The quantitative estimate of drug-likeness (QED) is 0.563. The van der Waals surface area contributed by atoms with Crippen molar-refractivity contribution in [2.24, 2.45) is 0 Å². The van der Waals surface area contributed by atoms with E-state index in [4.69, 9.17) is 11.6 Å². The van der Waals surface area contributed by atoms with E-state index in [-0.39, 0.29) is 4.75 Å². The van der Waals surface area contributed by atoms with Crippen molar-refractivity contribution in [2.75, 3.05) is 6.26 Å². The monoisotopic (exact) mass is 217 g/mol. The molecule has 1 heterocycles. The average molecular weight is 218 g/mol. The number of hydrogen-bond donors (Lipinski definition) is 0. The van der Waals surface area contributed by atoms with Gasteiger partial charge < -0.3 is 4.55 Å². The first kappa shape index (κ1) is 10.8. The van der Waals surface area contributed by atoms with Crippen molar-refractivity contribution < 1.29 is 4.55 Å². The first-order valence-corrected chi connectivity index (χ1v) is 5.84. The molecule has 0 radical (unpaired) electrons. The van der Waals surface area contributed by atoms with Crippen LogP contribution in [0.3, 0.4) is 0 Å². The van der Waals surface area contributed by atoms with E-state index in [1.165, 1.54) is 0 Å². The number of rotatable bonds is 2. The zero-order chi connectivity index (χ0) is 10.1. The molecule has 1 atom stereocenters. The zero-order valence-corrected chi connectivity index (χ0v) is 9.45. The van der Waals surface area contributed by atoms with Gasteiger partial charge in [0.2, 0.25) is 0 Å². The number of pyridine rings is 1. The number of halogens is 1. The van der Waals surface area contributed by atoms with Gasteiger partial charge in [0.05, 0.1) is 6.26 Å². The van der Waals surface area contributed by atoms with Gasteiger partial charge in [-0.3, -0.25) is 0 Å². The molecule has 72 valence electrons. The maximum atomic E-state index is 11.4. The molecule has 13 heavy (non-hydrogen) atoms. The van der Waals surface area contributed by atoms with Crippen molar-refractivity contribution in [1.82, 2.24) is 4.98 Å². The molecule has 0 aliphatic rings. The van der Waals surface area contributed by atoms with Gasteiger partial charge >= 0.3 is 0 Å². The Morgan fingerprint density at radius 2 is 2.08 bits per heavy atom. The largest absolute Gasteiger partial charge is 0.616 e. The molecular weight excluding hydrogens is 206 g/mol. The molecule has 0 aliphatic heterocycles. The summed E-state index contributed by atoms with van der Waals surface area (Å²) in [7, 11) is 0. The van der Waals surface area contributed by atoms with E-state index in [1.807, 2.05) is 19.9 Å². The molecule has 0 spiro atoms. The fourth-order valence-electron chi connectivity index (χ4n) is 0.898. The van der Waals surface area contributed by atoms with Gasteiger partial charge in [-0.05, 0) is 37.2 Å². The molecular formula is C9H12ClNOS. The molecule has 0 bridgehead atoms. The Bertz CT molecular complexity index is 284. The molecule has 1 aromatic rings. The second-order valence-electron chi connectivity index (χ2n) is 3.33. The van der Waals surface area contributed by atoms with Crippen LogP contribution in [-0.2, 0) is 15.9 Å². The first-order chi connectivity index (χ1) is 5.94. The Kier molecular flexibility index (Phi) is 3.22. The summed E-state index contributed by atoms with van der Waals surface area (Å²) in [6.07, 6.45) is 3.36. The van der Waals surface area contributed by atoms with E-state index < -0.39 is 11.2 Å². The molecule has 0 N–H and O–H groups in total. The summed E-state index contributed by atoms with van der Waals surface area (Å²) < 4.78 is 11.0. The summed E-state index contributed by atoms with van der Waals surface area (Å²) in [6.45, 7) is 3.85. The van der Waals surface area contributed by atoms with Crippen LogP contribution in [0, 0.1) is 0 Å². The molecule has 0 fully saturated rings. The van der Waals surface area contributed by atoms with Gasteiger partial charge in [-0.2, -0.15) is 0 Å². The van der Waals surface area contributed by atoms with Crippen LogP contribution in [0.1, 0.15) is 19.4 Å². The molecule has 1 unspecified atom stereocenters. The van der Waals surface area contributed by atoms with Crippen LogP contribution in [0.15, 0.2) is 18.3 Å². The van der Waals surface area contributed by atoms with Crippen LogP contribution in [0.5, 0.6) is 0 Å². The fourth-order valence-corrected chi connectivity index (χ4v) is 1.46. The summed E-state index contributed by atoms with van der Waals surface area (Å²) in [5.74, 6) is 0. The lowest BCUT2D eigenvalue weighted by atomic mass is 10.1. The van der Waals surface area contributed by atoms with Gasteiger partial charge in [-0.25, -0.2) is 4.98 Å². The van der Waals surface area contributed by atoms with Crippen LogP contribution in [-0.4, -0.2) is 15.8 Å². The van der Waals surface area contributed by atoms with Gasteiger partial charge in [0.15, 0.2) is 0 Å². The normalized spacial score (nSPS) is 14.2. The van der Waals surface area contributed by atoms with Crippen LogP contribution < -0.4 is 0 Å². The molecule has 1 aromatic heterocycles. The fraction of sp³-hybridized carbons (Fsp3) is 0.444. The Morgan fingerprint density at radius 1 is 1.46 bits per heavy atom. The van der Waals surface area contributed by atoms with Crippen LogP contribution >= 0.6 is 11.6 Å². The van der Waals surface area contributed by atoms with Crippen LogP contribution in [0.4, 0.5) is 0 Å². The Labute approximate surface area is 86.5 Å². The summed E-state index contributed by atoms with van der Waals surface area (Å²) in [5, 5.41) is 0.460. The number of hydrogen-bond acceptors (Lipinski definition) is 2. The van der Waals surface area contributed by atoms with Crippen molar-refractivity contribution in [2.45, 2.75) is 18.6 Å². The Hall–Kier alpha value is -0.250. The first-order valence-electron chi connectivity index (χ1n) is 3.90. The molecule has 4 heteroatoms. The molecule has 0 amide bonds. The topological polar surface area (TPSA) is 36.0 Å². The highest BCUT2D eigenvalue weighted by Crippen LogP contribution is 2.28. The minimum absolute atomic E-state index is 0.364. The van der Waals surface area contributed by atoms with Crippen molar-refractivity contribution in [3.8, 4) is 0 Å². The number of nitrogens with zero attached hydrogens (tertiary/aromatic N) is 1. The van der Waals surface area contributed by atoms with Gasteiger partial charge in [-0.15, -0.1) is 0 Å². The van der Waals surface area contributed by atoms with Crippen LogP contribution in [0.25, 0.3) is 0 Å². The van der Waals surface area contributed by atoms with E-state index in [2.05, 4.69) is 4.98 Å². The highest BCUT2D eigenvalue weighted by Gasteiger charge is 2.30. The molecule has 0 aliphatic carbocycles. The Morgan fingerprint density at radius 3 is 2.46 bits per heavy atom. The SMILES string of the molecule is C[S+]([O-])C(C)(C)c1ccc(Cl)nc1. The molecule has 0 saturated carbocycles. The lowest BCUT2D eigenvalue weighted by Gasteiger charge is -2.25. The van der Waals surface area contributed by atoms with E-state index in [1.54, 1.807) is 18.5 Å². The van der Waals surface area contributed by atoms with Crippen molar-refractivity contribution in [3.63, 3.8) is 0 Å². The van der Waals surface area contributed by atoms with Gasteiger partial charge in [0.1, 0.15) is 9.90 Å². The Balaban J connectivity index is 3.01. The molecule has 0 saturated heterocycles. The minimum atomic E-state index is -0.917.